The first kappa shape index (κ1) is 20.0. The van der Waals surface area contributed by atoms with Gasteiger partial charge in [0.25, 0.3) is 5.91 Å². The summed E-state index contributed by atoms with van der Waals surface area (Å²) in [6, 6.07) is 10.3. The van der Waals surface area contributed by atoms with Gasteiger partial charge in [-0.3, -0.25) is 9.78 Å². The number of amides is 1. The summed E-state index contributed by atoms with van der Waals surface area (Å²) in [5.74, 6) is 0.0490. The normalized spacial score (nSPS) is 11.3. The maximum absolute atomic E-state index is 12.7. The van der Waals surface area contributed by atoms with Crippen LogP contribution in [0.15, 0.2) is 42.7 Å². The second kappa shape index (κ2) is 8.84. The highest BCUT2D eigenvalue weighted by Gasteiger charge is 2.15. The van der Waals surface area contributed by atoms with Gasteiger partial charge in [-0.25, -0.2) is 0 Å². The Bertz CT molecular complexity index is 711. The lowest BCUT2D eigenvalue weighted by Crippen LogP contribution is -2.32. The molecule has 0 atom stereocenters. The van der Waals surface area contributed by atoms with Crippen molar-refractivity contribution < 1.29 is 4.79 Å². The SMILES string of the molecule is CCCN(CCC)C(=O)c1cncc(Nc2ccc(C(C)(C)C)cc2)c1. The van der Waals surface area contributed by atoms with E-state index in [0.29, 0.717) is 5.56 Å². The Hall–Kier alpha value is -2.36. The van der Waals surface area contributed by atoms with Crippen molar-refractivity contribution in [2.24, 2.45) is 0 Å². The molecular formula is C22H31N3O. The molecule has 4 nitrogen and oxygen atoms in total. The van der Waals surface area contributed by atoms with Crippen LogP contribution in [0.4, 0.5) is 11.4 Å². The van der Waals surface area contributed by atoms with Crippen molar-refractivity contribution in [3.63, 3.8) is 0 Å². The van der Waals surface area contributed by atoms with Crippen LogP contribution in [-0.4, -0.2) is 28.9 Å². The molecule has 0 saturated carbocycles. The van der Waals surface area contributed by atoms with Crippen LogP contribution in [0.1, 0.15) is 63.4 Å². The van der Waals surface area contributed by atoms with Crippen LogP contribution < -0.4 is 5.32 Å². The molecule has 0 radical (unpaired) electrons. The Morgan fingerprint density at radius 1 is 1.00 bits per heavy atom. The number of pyridine rings is 1. The molecule has 1 aromatic heterocycles. The van der Waals surface area contributed by atoms with Crippen LogP contribution in [0.25, 0.3) is 0 Å². The summed E-state index contributed by atoms with van der Waals surface area (Å²) in [5.41, 5.74) is 3.87. The number of aromatic nitrogens is 1. The molecule has 2 rings (SSSR count). The van der Waals surface area contributed by atoms with Crippen molar-refractivity contribution >= 4 is 17.3 Å². The maximum atomic E-state index is 12.7. The average molecular weight is 354 g/mol. The Kier molecular flexibility index (Phi) is 6.78. The number of nitrogens with one attached hydrogen (secondary N) is 1. The van der Waals surface area contributed by atoms with E-state index in [0.717, 1.165) is 37.3 Å². The molecule has 0 aliphatic carbocycles. The number of hydrogen-bond acceptors (Lipinski definition) is 3. The highest BCUT2D eigenvalue weighted by molar-refractivity contribution is 5.94. The van der Waals surface area contributed by atoms with Crippen LogP contribution in [0.3, 0.4) is 0 Å². The zero-order valence-corrected chi connectivity index (χ0v) is 16.7. The predicted molar refractivity (Wildman–Crippen MR) is 109 cm³/mol. The maximum Gasteiger partial charge on any atom is 0.255 e. The van der Waals surface area contributed by atoms with E-state index in [2.05, 4.69) is 69.2 Å². The summed E-state index contributed by atoms with van der Waals surface area (Å²) >= 11 is 0. The lowest BCUT2D eigenvalue weighted by atomic mass is 9.87. The van der Waals surface area contributed by atoms with E-state index in [9.17, 15) is 4.79 Å². The molecule has 26 heavy (non-hydrogen) atoms. The van der Waals surface area contributed by atoms with Gasteiger partial charge < -0.3 is 10.2 Å². The Morgan fingerprint density at radius 3 is 2.15 bits per heavy atom. The molecule has 0 aliphatic rings. The third-order valence-corrected chi connectivity index (χ3v) is 4.30. The first-order valence-electron chi connectivity index (χ1n) is 9.47. The first-order valence-corrected chi connectivity index (χ1v) is 9.47. The van der Waals surface area contributed by atoms with Crippen molar-refractivity contribution in [1.82, 2.24) is 9.88 Å². The van der Waals surface area contributed by atoms with Gasteiger partial charge in [0.2, 0.25) is 0 Å². The van der Waals surface area contributed by atoms with E-state index in [-0.39, 0.29) is 11.3 Å². The average Bonchev–Trinajstić information content (AvgIpc) is 2.61. The molecule has 4 heteroatoms. The second-order valence-corrected chi connectivity index (χ2v) is 7.71. The molecular weight excluding hydrogens is 322 g/mol. The van der Waals surface area contributed by atoms with Crippen molar-refractivity contribution in [3.05, 3.63) is 53.9 Å². The van der Waals surface area contributed by atoms with Crippen LogP contribution in [-0.2, 0) is 5.41 Å². The third kappa shape index (κ3) is 5.32. The van der Waals surface area contributed by atoms with Gasteiger partial charge >= 0.3 is 0 Å². The van der Waals surface area contributed by atoms with Gasteiger partial charge in [-0.05, 0) is 42.0 Å². The Morgan fingerprint density at radius 2 is 1.62 bits per heavy atom. The topological polar surface area (TPSA) is 45.2 Å². The smallest absolute Gasteiger partial charge is 0.255 e. The third-order valence-electron chi connectivity index (χ3n) is 4.30. The van der Waals surface area contributed by atoms with Crippen LogP contribution in [0.2, 0.25) is 0 Å². The van der Waals surface area contributed by atoms with Crippen molar-refractivity contribution in [3.8, 4) is 0 Å². The number of carbonyl (C=O) groups excluding carboxylic acids is 1. The highest BCUT2D eigenvalue weighted by Crippen LogP contribution is 2.25. The Balaban J connectivity index is 2.14. The monoisotopic (exact) mass is 353 g/mol. The van der Waals surface area contributed by atoms with Crippen molar-refractivity contribution in [1.29, 1.82) is 0 Å². The molecule has 0 aliphatic heterocycles. The molecule has 1 amide bonds. The molecule has 1 aromatic carbocycles. The summed E-state index contributed by atoms with van der Waals surface area (Å²) in [6.07, 6.45) is 5.31. The first-order chi connectivity index (χ1) is 12.3. The molecule has 0 unspecified atom stereocenters. The summed E-state index contributed by atoms with van der Waals surface area (Å²) in [6.45, 7) is 12.3. The van der Waals surface area contributed by atoms with Gasteiger partial charge in [-0.2, -0.15) is 0 Å². The van der Waals surface area contributed by atoms with E-state index in [4.69, 9.17) is 0 Å². The zero-order valence-electron chi connectivity index (χ0n) is 16.7. The van der Waals surface area contributed by atoms with Crippen LogP contribution in [0.5, 0.6) is 0 Å². The minimum atomic E-state index is 0.0490. The number of carbonyl (C=O) groups is 1. The van der Waals surface area contributed by atoms with Gasteiger partial charge in [-0.1, -0.05) is 46.8 Å². The number of nitrogens with zero attached hydrogens (tertiary/aromatic N) is 2. The van der Waals surface area contributed by atoms with E-state index in [1.54, 1.807) is 12.4 Å². The molecule has 0 bridgehead atoms. The van der Waals surface area contributed by atoms with E-state index in [1.165, 1.54) is 5.56 Å². The molecule has 0 spiro atoms. The van der Waals surface area contributed by atoms with Gasteiger partial charge in [0.15, 0.2) is 0 Å². The van der Waals surface area contributed by atoms with Crippen LogP contribution in [0, 0.1) is 0 Å². The summed E-state index contributed by atoms with van der Waals surface area (Å²) in [4.78, 5) is 18.9. The minimum Gasteiger partial charge on any atom is -0.354 e. The molecule has 140 valence electrons. The number of benzene rings is 1. The molecule has 1 heterocycles. The number of anilines is 2. The van der Waals surface area contributed by atoms with Gasteiger partial charge in [0, 0.05) is 25.0 Å². The summed E-state index contributed by atoms with van der Waals surface area (Å²) in [5, 5.41) is 3.35. The van der Waals surface area contributed by atoms with Crippen molar-refractivity contribution in [2.75, 3.05) is 18.4 Å². The largest absolute Gasteiger partial charge is 0.354 e. The van der Waals surface area contributed by atoms with E-state index < -0.39 is 0 Å². The molecule has 1 N–H and O–H groups in total. The standard InChI is InChI=1S/C22H31N3O/c1-6-12-25(13-7-2)21(26)17-14-20(16-23-15-17)24-19-10-8-18(9-11-19)22(3,4)5/h8-11,14-16,24H,6-7,12-13H2,1-5H3. The van der Waals surface area contributed by atoms with Gasteiger partial charge in [0.05, 0.1) is 17.4 Å². The second-order valence-electron chi connectivity index (χ2n) is 7.71. The zero-order chi connectivity index (χ0) is 19.2. The molecule has 2 aromatic rings. The van der Waals surface area contributed by atoms with Gasteiger partial charge in [-0.15, -0.1) is 0 Å². The highest BCUT2D eigenvalue weighted by atomic mass is 16.2. The Labute approximate surface area is 157 Å². The number of hydrogen-bond donors (Lipinski definition) is 1. The number of rotatable bonds is 7. The molecule has 0 fully saturated rings. The minimum absolute atomic E-state index is 0.0490. The lowest BCUT2D eigenvalue weighted by Gasteiger charge is -2.21. The predicted octanol–water partition coefficient (Wildman–Crippen LogP) is 5.38. The van der Waals surface area contributed by atoms with Crippen molar-refractivity contribution in [2.45, 2.75) is 52.9 Å². The summed E-state index contributed by atoms with van der Waals surface area (Å²) in [7, 11) is 0. The fourth-order valence-corrected chi connectivity index (χ4v) is 2.88. The molecule has 0 saturated heterocycles. The van der Waals surface area contributed by atoms with E-state index >= 15 is 0 Å². The van der Waals surface area contributed by atoms with E-state index in [1.807, 2.05) is 11.0 Å². The lowest BCUT2D eigenvalue weighted by molar-refractivity contribution is 0.0755. The summed E-state index contributed by atoms with van der Waals surface area (Å²) < 4.78 is 0. The van der Waals surface area contributed by atoms with Gasteiger partial charge in [0.1, 0.15) is 0 Å². The fourth-order valence-electron chi connectivity index (χ4n) is 2.88. The quantitative estimate of drug-likeness (QED) is 0.726. The fraction of sp³-hybridized carbons (Fsp3) is 0.455. The van der Waals surface area contributed by atoms with Crippen LogP contribution >= 0.6 is 0 Å².